The van der Waals surface area contributed by atoms with Crippen LogP contribution in [0.25, 0.3) is 0 Å². The fourth-order valence-electron chi connectivity index (χ4n) is 3.51. The van der Waals surface area contributed by atoms with Crippen molar-refractivity contribution >= 4 is 23.0 Å². The molecule has 0 aliphatic carbocycles. The van der Waals surface area contributed by atoms with Crippen molar-refractivity contribution in [2.45, 2.75) is 12.6 Å². The van der Waals surface area contributed by atoms with Gasteiger partial charge in [0.05, 0.1) is 19.8 Å². The number of halogens is 3. The molecule has 2 aromatic carbocycles. The first-order chi connectivity index (χ1) is 14.8. The van der Waals surface area contributed by atoms with E-state index < -0.39 is 11.7 Å². The minimum absolute atomic E-state index is 0.585. The topological polar surface area (TPSA) is 37.0 Å². The molecule has 1 saturated heterocycles. The van der Waals surface area contributed by atoms with Crippen molar-refractivity contribution in [1.82, 2.24) is 10.2 Å². The molecule has 0 atom stereocenters. The largest absolute Gasteiger partial charge is 0.493 e. The number of thiocarbonyl (C=S) groups is 1. The Labute approximate surface area is 185 Å². The predicted octanol–water partition coefficient (Wildman–Crippen LogP) is 3.96. The summed E-state index contributed by atoms with van der Waals surface area (Å²) in [7, 11) is 3.21. The van der Waals surface area contributed by atoms with Crippen LogP contribution < -0.4 is 19.7 Å². The van der Waals surface area contributed by atoms with Crippen molar-refractivity contribution < 1.29 is 22.6 Å². The van der Waals surface area contributed by atoms with Gasteiger partial charge < -0.3 is 24.6 Å². The zero-order chi connectivity index (χ0) is 22.4. The summed E-state index contributed by atoms with van der Waals surface area (Å²) in [4.78, 5) is 4.01. The number of piperazine rings is 1. The predicted molar refractivity (Wildman–Crippen MR) is 119 cm³/mol. The summed E-state index contributed by atoms with van der Waals surface area (Å²) >= 11 is 5.51. The molecule has 31 heavy (non-hydrogen) atoms. The Hall–Kier alpha value is -2.68. The van der Waals surface area contributed by atoms with Gasteiger partial charge in [-0.25, -0.2) is 0 Å². The van der Waals surface area contributed by atoms with Crippen LogP contribution in [-0.2, 0) is 12.6 Å². The third kappa shape index (κ3) is 5.94. The molecule has 0 aromatic heterocycles. The van der Waals surface area contributed by atoms with Crippen LogP contribution in [0.3, 0.4) is 0 Å². The van der Waals surface area contributed by atoms with E-state index in [-0.39, 0.29) is 0 Å². The molecular weight excluding hydrogens is 427 g/mol. The van der Waals surface area contributed by atoms with E-state index in [0.29, 0.717) is 55.0 Å². The summed E-state index contributed by atoms with van der Waals surface area (Å²) in [5.74, 6) is 1.38. The standard InChI is InChI=1S/C22H26F3N3O2S/c1-29-19-7-6-16(14-20(19)30-2)8-9-26-21(31)28-12-10-27(11-13-28)18-5-3-4-17(15-18)22(23,24)25/h3-7,14-15H,8-13H2,1-2H3,(H,26,31). The second kappa shape index (κ2) is 10.1. The number of benzene rings is 2. The lowest BCUT2D eigenvalue weighted by molar-refractivity contribution is -0.137. The maximum atomic E-state index is 13.0. The number of rotatable bonds is 6. The molecular formula is C22H26F3N3O2S. The maximum absolute atomic E-state index is 13.0. The molecule has 168 valence electrons. The summed E-state index contributed by atoms with van der Waals surface area (Å²) < 4.78 is 49.5. The first kappa shape index (κ1) is 23.0. The van der Waals surface area contributed by atoms with Gasteiger partial charge in [-0.3, -0.25) is 0 Å². The molecule has 3 rings (SSSR count). The Morgan fingerprint density at radius 1 is 1.00 bits per heavy atom. The van der Waals surface area contributed by atoms with Crippen LogP contribution in [0.5, 0.6) is 11.5 Å². The van der Waals surface area contributed by atoms with E-state index in [1.165, 1.54) is 12.1 Å². The fraction of sp³-hybridized carbons (Fsp3) is 0.409. The number of alkyl halides is 3. The van der Waals surface area contributed by atoms with Crippen LogP contribution in [0, 0.1) is 0 Å². The van der Waals surface area contributed by atoms with Crippen LogP contribution in [0.2, 0.25) is 0 Å². The lowest BCUT2D eigenvalue weighted by Gasteiger charge is -2.37. The smallest absolute Gasteiger partial charge is 0.416 e. The van der Waals surface area contributed by atoms with Crippen molar-refractivity contribution in [1.29, 1.82) is 0 Å². The van der Waals surface area contributed by atoms with E-state index in [1.54, 1.807) is 20.3 Å². The van der Waals surface area contributed by atoms with Crippen molar-refractivity contribution in [3.8, 4) is 11.5 Å². The first-order valence-electron chi connectivity index (χ1n) is 9.97. The lowest BCUT2D eigenvalue weighted by atomic mass is 10.1. The van der Waals surface area contributed by atoms with E-state index in [2.05, 4.69) is 5.32 Å². The molecule has 0 saturated carbocycles. The van der Waals surface area contributed by atoms with Gasteiger partial charge in [0, 0.05) is 38.4 Å². The monoisotopic (exact) mass is 453 g/mol. The average molecular weight is 454 g/mol. The van der Waals surface area contributed by atoms with Crippen LogP contribution >= 0.6 is 12.2 Å². The van der Waals surface area contributed by atoms with Gasteiger partial charge >= 0.3 is 6.18 Å². The normalized spacial score (nSPS) is 14.4. The highest BCUT2D eigenvalue weighted by atomic mass is 32.1. The molecule has 0 bridgehead atoms. The number of hydrogen-bond donors (Lipinski definition) is 1. The summed E-state index contributed by atoms with van der Waals surface area (Å²) in [5.41, 5.74) is 1.06. The van der Waals surface area contributed by atoms with E-state index in [4.69, 9.17) is 21.7 Å². The van der Waals surface area contributed by atoms with Gasteiger partial charge in [-0.15, -0.1) is 0 Å². The summed E-state index contributed by atoms with van der Waals surface area (Å²) in [6.07, 6.45) is -3.57. The lowest BCUT2D eigenvalue weighted by Crippen LogP contribution is -2.52. The van der Waals surface area contributed by atoms with Crippen molar-refractivity contribution in [2.75, 3.05) is 51.8 Å². The van der Waals surface area contributed by atoms with Gasteiger partial charge in [0.2, 0.25) is 0 Å². The molecule has 1 N–H and O–H groups in total. The summed E-state index contributed by atoms with van der Waals surface area (Å²) in [6, 6.07) is 11.3. The third-order valence-electron chi connectivity index (χ3n) is 5.24. The maximum Gasteiger partial charge on any atom is 0.416 e. The molecule has 1 fully saturated rings. The van der Waals surface area contributed by atoms with Crippen LogP contribution in [0.15, 0.2) is 42.5 Å². The van der Waals surface area contributed by atoms with Gasteiger partial charge in [0.1, 0.15) is 0 Å². The fourth-order valence-corrected chi connectivity index (χ4v) is 3.79. The third-order valence-corrected chi connectivity index (χ3v) is 5.65. The average Bonchev–Trinajstić information content (AvgIpc) is 2.78. The minimum atomic E-state index is -4.34. The van der Waals surface area contributed by atoms with E-state index in [9.17, 15) is 13.2 Å². The van der Waals surface area contributed by atoms with Gasteiger partial charge in [-0.1, -0.05) is 12.1 Å². The highest BCUT2D eigenvalue weighted by Crippen LogP contribution is 2.32. The van der Waals surface area contributed by atoms with Crippen LogP contribution in [-0.4, -0.2) is 57.0 Å². The highest BCUT2D eigenvalue weighted by Gasteiger charge is 2.31. The Morgan fingerprint density at radius 2 is 1.71 bits per heavy atom. The van der Waals surface area contributed by atoms with Gasteiger partial charge in [-0.2, -0.15) is 13.2 Å². The van der Waals surface area contributed by atoms with E-state index >= 15 is 0 Å². The number of nitrogens with zero attached hydrogens (tertiary/aromatic N) is 2. The molecule has 9 heteroatoms. The second-order valence-electron chi connectivity index (χ2n) is 7.19. The van der Waals surface area contributed by atoms with Crippen molar-refractivity contribution in [2.24, 2.45) is 0 Å². The van der Waals surface area contributed by atoms with Gasteiger partial charge in [0.25, 0.3) is 0 Å². The molecule has 0 unspecified atom stereocenters. The number of anilines is 1. The Kier molecular flexibility index (Phi) is 7.48. The molecule has 0 amide bonds. The molecule has 1 aliphatic rings. The van der Waals surface area contributed by atoms with Crippen molar-refractivity contribution in [3.63, 3.8) is 0 Å². The Bertz CT molecular complexity index is 900. The van der Waals surface area contributed by atoms with Crippen LogP contribution in [0.1, 0.15) is 11.1 Å². The summed E-state index contributed by atoms with van der Waals surface area (Å²) in [5, 5.41) is 3.93. The van der Waals surface area contributed by atoms with Crippen LogP contribution in [0.4, 0.5) is 18.9 Å². The second-order valence-corrected chi connectivity index (χ2v) is 7.58. The summed E-state index contributed by atoms with van der Waals surface area (Å²) in [6.45, 7) is 3.19. The molecule has 0 radical (unpaired) electrons. The molecule has 0 spiro atoms. The van der Waals surface area contributed by atoms with Crippen molar-refractivity contribution in [3.05, 3.63) is 53.6 Å². The zero-order valence-corrected chi connectivity index (χ0v) is 18.4. The molecule has 5 nitrogen and oxygen atoms in total. The number of hydrogen-bond acceptors (Lipinski definition) is 4. The molecule has 1 heterocycles. The minimum Gasteiger partial charge on any atom is -0.493 e. The molecule has 2 aromatic rings. The number of nitrogens with one attached hydrogen (secondary N) is 1. The zero-order valence-electron chi connectivity index (χ0n) is 17.5. The highest BCUT2D eigenvalue weighted by molar-refractivity contribution is 7.80. The first-order valence-corrected chi connectivity index (χ1v) is 10.4. The van der Waals surface area contributed by atoms with E-state index in [0.717, 1.165) is 18.1 Å². The van der Waals surface area contributed by atoms with Gasteiger partial charge in [0.15, 0.2) is 16.6 Å². The van der Waals surface area contributed by atoms with E-state index in [1.807, 2.05) is 28.0 Å². The van der Waals surface area contributed by atoms with Gasteiger partial charge in [-0.05, 0) is 54.5 Å². The number of methoxy groups -OCH3 is 2. The number of ether oxygens (including phenoxy) is 2. The quantitative estimate of drug-likeness (QED) is 0.668. The SMILES string of the molecule is COc1ccc(CCNC(=S)N2CCN(c3cccc(C(F)(F)F)c3)CC2)cc1OC. The Balaban J connectivity index is 1.47. The molecule has 1 aliphatic heterocycles. The Morgan fingerprint density at radius 3 is 2.35 bits per heavy atom.